The highest BCUT2D eigenvalue weighted by molar-refractivity contribution is 5.57. The lowest BCUT2D eigenvalue weighted by atomic mass is 10.1. The minimum absolute atomic E-state index is 0.0721. The summed E-state index contributed by atoms with van der Waals surface area (Å²) in [6.07, 6.45) is -0.658. The number of ether oxygens (including phenoxy) is 1. The van der Waals surface area contributed by atoms with E-state index < -0.39 is 6.10 Å². The quantitative estimate of drug-likeness (QED) is 0.582. The van der Waals surface area contributed by atoms with E-state index in [1.165, 1.54) is 0 Å². The summed E-state index contributed by atoms with van der Waals surface area (Å²) in [7, 11) is 1.54. The summed E-state index contributed by atoms with van der Waals surface area (Å²) in [6.45, 7) is 6.96. The van der Waals surface area contributed by atoms with Crippen LogP contribution in [0.4, 0.5) is 5.69 Å². The first-order chi connectivity index (χ1) is 11.3. The molecule has 6 nitrogen and oxygen atoms in total. The minimum Gasteiger partial charge on any atom is -0.506 e. The number of aromatic hydroxyl groups is 1. The van der Waals surface area contributed by atoms with Gasteiger partial charge in [0.2, 0.25) is 0 Å². The fraction of sp³-hybridized carbons (Fsp3) is 0.444. The molecule has 0 saturated heterocycles. The van der Waals surface area contributed by atoms with Gasteiger partial charge in [-0.25, -0.2) is 0 Å². The molecule has 2 aromatic rings. The molecule has 0 aliphatic heterocycles. The number of rotatable bonds is 7. The van der Waals surface area contributed by atoms with Gasteiger partial charge in [-0.05, 0) is 44.5 Å². The van der Waals surface area contributed by atoms with Crippen molar-refractivity contribution in [2.45, 2.75) is 39.0 Å². The van der Waals surface area contributed by atoms with E-state index in [2.05, 4.69) is 10.6 Å². The maximum Gasteiger partial charge on any atom is 0.284 e. The van der Waals surface area contributed by atoms with Crippen molar-refractivity contribution in [3.63, 3.8) is 0 Å². The molecule has 4 N–H and O–H groups in total. The number of furan rings is 1. The summed E-state index contributed by atoms with van der Waals surface area (Å²) in [5.74, 6) is 1.24. The Morgan fingerprint density at radius 2 is 1.96 bits per heavy atom. The Bertz CT molecular complexity index is 661. The molecule has 0 amide bonds. The summed E-state index contributed by atoms with van der Waals surface area (Å²) < 4.78 is 10.4. The topological polar surface area (TPSA) is 86.9 Å². The Balaban J connectivity index is 2.02. The van der Waals surface area contributed by atoms with Crippen LogP contribution in [0.15, 0.2) is 34.7 Å². The predicted octanol–water partition coefficient (Wildman–Crippen LogP) is 3.03. The third-order valence-electron chi connectivity index (χ3n) is 3.52. The van der Waals surface area contributed by atoms with Gasteiger partial charge in [0.1, 0.15) is 11.5 Å². The number of phenolic OH excluding ortho intramolecular Hbond substituents is 1. The summed E-state index contributed by atoms with van der Waals surface area (Å²) >= 11 is 0. The van der Waals surface area contributed by atoms with E-state index in [1.807, 2.05) is 20.8 Å². The van der Waals surface area contributed by atoms with Gasteiger partial charge in [-0.1, -0.05) is 6.07 Å². The number of methoxy groups -OCH3 is 1. The molecule has 2 rings (SSSR count). The van der Waals surface area contributed by atoms with Crippen LogP contribution in [0.3, 0.4) is 0 Å². The summed E-state index contributed by atoms with van der Waals surface area (Å²) in [5.41, 5.74) is 1.19. The fourth-order valence-corrected chi connectivity index (χ4v) is 2.17. The van der Waals surface area contributed by atoms with E-state index in [-0.39, 0.29) is 11.3 Å². The number of phenols is 1. The molecule has 0 saturated carbocycles. The molecule has 24 heavy (non-hydrogen) atoms. The van der Waals surface area contributed by atoms with Crippen molar-refractivity contribution >= 4 is 5.69 Å². The van der Waals surface area contributed by atoms with Crippen LogP contribution >= 0.6 is 0 Å². The third kappa shape index (κ3) is 5.18. The molecule has 0 spiro atoms. The number of benzene rings is 1. The number of β-amino-alcohol motifs (C(OH)–C–C–N with tert-alkyl or cyclic N) is 1. The first-order valence-corrected chi connectivity index (χ1v) is 7.91. The number of hydrogen-bond acceptors (Lipinski definition) is 6. The number of anilines is 1. The summed E-state index contributed by atoms with van der Waals surface area (Å²) in [4.78, 5) is 0. The Labute approximate surface area is 142 Å². The molecule has 0 aliphatic rings. The van der Waals surface area contributed by atoms with Gasteiger partial charge in [-0.15, -0.1) is 0 Å². The predicted molar refractivity (Wildman–Crippen MR) is 93.4 cm³/mol. The molecule has 1 atom stereocenters. The molecule has 0 bridgehead atoms. The smallest absolute Gasteiger partial charge is 0.284 e. The first-order valence-electron chi connectivity index (χ1n) is 7.91. The van der Waals surface area contributed by atoms with E-state index in [0.717, 1.165) is 5.56 Å². The fourth-order valence-electron chi connectivity index (χ4n) is 2.17. The molecule has 1 aromatic carbocycles. The lowest BCUT2D eigenvalue weighted by Crippen LogP contribution is -2.38. The van der Waals surface area contributed by atoms with Gasteiger partial charge in [-0.2, -0.15) is 0 Å². The van der Waals surface area contributed by atoms with Crippen LogP contribution in [-0.4, -0.2) is 29.4 Å². The monoisotopic (exact) mass is 334 g/mol. The SMILES string of the molecule is COc1ccc(CNc2cc(C(O)CNC(C)(C)C)ccc2O)o1. The standard InChI is InChI=1S/C18H26N2O4/c1-18(2,3)20-11-16(22)12-5-7-15(21)14(9-12)19-10-13-6-8-17(23-4)24-13/h5-9,16,19-22H,10-11H2,1-4H3. The van der Waals surface area contributed by atoms with Crippen LogP contribution in [-0.2, 0) is 6.54 Å². The first kappa shape index (κ1) is 18.2. The Kier molecular flexibility index (Phi) is 5.75. The van der Waals surface area contributed by atoms with Crippen LogP contribution in [0.5, 0.6) is 11.7 Å². The summed E-state index contributed by atoms with van der Waals surface area (Å²) in [6, 6.07) is 8.56. The van der Waals surface area contributed by atoms with Gasteiger partial charge in [0.05, 0.1) is 25.4 Å². The number of nitrogens with one attached hydrogen (secondary N) is 2. The molecule has 6 heteroatoms. The van der Waals surface area contributed by atoms with Crippen LogP contribution in [0.1, 0.15) is 38.2 Å². The van der Waals surface area contributed by atoms with Crippen LogP contribution < -0.4 is 15.4 Å². The van der Waals surface area contributed by atoms with Crippen molar-refractivity contribution in [1.29, 1.82) is 0 Å². The van der Waals surface area contributed by atoms with Crippen molar-refractivity contribution in [2.24, 2.45) is 0 Å². The van der Waals surface area contributed by atoms with Crippen molar-refractivity contribution in [3.05, 3.63) is 41.7 Å². The normalized spacial score (nSPS) is 12.9. The van der Waals surface area contributed by atoms with Crippen molar-refractivity contribution in [2.75, 3.05) is 19.0 Å². The molecule has 1 unspecified atom stereocenters. The lowest BCUT2D eigenvalue weighted by Gasteiger charge is -2.23. The molecular weight excluding hydrogens is 308 g/mol. The highest BCUT2D eigenvalue weighted by atomic mass is 16.6. The molecular formula is C18H26N2O4. The average molecular weight is 334 g/mol. The Morgan fingerprint density at radius 1 is 1.21 bits per heavy atom. The van der Waals surface area contributed by atoms with E-state index in [0.29, 0.717) is 30.5 Å². The third-order valence-corrected chi connectivity index (χ3v) is 3.52. The van der Waals surface area contributed by atoms with Gasteiger partial charge >= 0.3 is 0 Å². The van der Waals surface area contributed by atoms with Crippen LogP contribution in [0, 0.1) is 0 Å². The number of aliphatic hydroxyl groups excluding tert-OH is 1. The Morgan fingerprint density at radius 3 is 2.58 bits per heavy atom. The highest BCUT2D eigenvalue weighted by Crippen LogP contribution is 2.28. The van der Waals surface area contributed by atoms with Gasteiger partial charge in [0, 0.05) is 18.2 Å². The Hall–Kier alpha value is -2.18. The molecule has 0 aliphatic carbocycles. The zero-order chi connectivity index (χ0) is 17.7. The highest BCUT2D eigenvalue weighted by Gasteiger charge is 2.15. The van der Waals surface area contributed by atoms with E-state index in [4.69, 9.17) is 9.15 Å². The minimum atomic E-state index is -0.658. The van der Waals surface area contributed by atoms with E-state index in [1.54, 1.807) is 37.4 Å². The number of hydrogen-bond donors (Lipinski definition) is 4. The van der Waals surface area contributed by atoms with Crippen LogP contribution in [0.2, 0.25) is 0 Å². The zero-order valence-corrected chi connectivity index (χ0v) is 14.6. The number of aliphatic hydroxyl groups is 1. The summed E-state index contributed by atoms with van der Waals surface area (Å²) in [5, 5.41) is 26.7. The zero-order valence-electron chi connectivity index (χ0n) is 14.6. The van der Waals surface area contributed by atoms with E-state index >= 15 is 0 Å². The largest absolute Gasteiger partial charge is 0.506 e. The molecule has 1 aromatic heterocycles. The van der Waals surface area contributed by atoms with Crippen molar-refractivity contribution in [1.82, 2.24) is 5.32 Å². The second kappa shape index (κ2) is 7.59. The second-order valence-electron chi connectivity index (χ2n) is 6.70. The molecule has 132 valence electrons. The molecule has 0 fully saturated rings. The van der Waals surface area contributed by atoms with Gasteiger partial charge in [0.15, 0.2) is 0 Å². The van der Waals surface area contributed by atoms with Crippen LogP contribution in [0.25, 0.3) is 0 Å². The molecule has 0 radical (unpaired) electrons. The lowest BCUT2D eigenvalue weighted by molar-refractivity contribution is 0.163. The molecule has 1 heterocycles. The van der Waals surface area contributed by atoms with Gasteiger partial charge < -0.3 is 30.0 Å². The van der Waals surface area contributed by atoms with Gasteiger partial charge in [-0.3, -0.25) is 0 Å². The maximum absolute atomic E-state index is 10.3. The van der Waals surface area contributed by atoms with E-state index in [9.17, 15) is 10.2 Å². The van der Waals surface area contributed by atoms with Crippen molar-refractivity contribution < 1.29 is 19.4 Å². The van der Waals surface area contributed by atoms with Gasteiger partial charge in [0.25, 0.3) is 5.95 Å². The maximum atomic E-state index is 10.3. The average Bonchev–Trinajstić information content (AvgIpc) is 2.99. The second-order valence-corrected chi connectivity index (χ2v) is 6.70. The van der Waals surface area contributed by atoms with Crippen molar-refractivity contribution in [3.8, 4) is 11.7 Å².